The van der Waals surface area contributed by atoms with Crippen LogP contribution in [-0.4, -0.2) is 6.61 Å². The van der Waals surface area contributed by atoms with E-state index in [1.807, 2.05) is 11.3 Å². The van der Waals surface area contributed by atoms with Gasteiger partial charge in [-0.1, -0.05) is 56.2 Å². The van der Waals surface area contributed by atoms with E-state index in [1.165, 1.54) is 44.0 Å². The molecule has 0 unspecified atom stereocenters. The van der Waals surface area contributed by atoms with Gasteiger partial charge in [-0.3, -0.25) is 0 Å². The van der Waals surface area contributed by atoms with Crippen molar-refractivity contribution in [3.05, 3.63) is 75.7 Å². The van der Waals surface area contributed by atoms with Gasteiger partial charge in [-0.2, -0.15) is 0 Å². The Balaban J connectivity index is 1.68. The number of rotatable bonds is 7. The Hall–Kier alpha value is -2.06. The third-order valence-corrected chi connectivity index (χ3v) is 6.59. The molecule has 0 aliphatic carbocycles. The highest BCUT2D eigenvalue weighted by Crippen LogP contribution is 2.36. The van der Waals surface area contributed by atoms with Gasteiger partial charge in [-0.15, -0.1) is 11.3 Å². The molecule has 2 heteroatoms. The minimum atomic E-state index is 0.379. The summed E-state index contributed by atoms with van der Waals surface area (Å²) in [6.07, 6.45) is 2.32. The van der Waals surface area contributed by atoms with Crippen LogP contribution < -0.4 is 4.74 Å². The fourth-order valence-electron chi connectivity index (χ4n) is 3.45. The summed E-state index contributed by atoms with van der Waals surface area (Å²) in [5.74, 6) is 1.36. The van der Waals surface area contributed by atoms with E-state index in [2.05, 4.69) is 83.1 Å². The van der Waals surface area contributed by atoms with Crippen LogP contribution in [0.25, 0.3) is 10.4 Å². The molecule has 2 aromatic carbocycles. The van der Waals surface area contributed by atoms with Gasteiger partial charge in [0.15, 0.2) is 0 Å². The lowest BCUT2D eigenvalue weighted by atomic mass is 10.0. The average molecular weight is 379 g/mol. The SMILES string of the molecule is CCCc1ccc(OC[C@@H](C)c2sc(-c3ccc(C)cc3)cc2C)cc1C. The molecule has 0 spiro atoms. The zero-order valence-corrected chi connectivity index (χ0v) is 18.0. The van der Waals surface area contributed by atoms with E-state index in [9.17, 15) is 0 Å². The summed E-state index contributed by atoms with van der Waals surface area (Å²) in [7, 11) is 0. The van der Waals surface area contributed by atoms with Crippen LogP contribution in [0.1, 0.15) is 53.3 Å². The molecule has 3 aromatic rings. The maximum absolute atomic E-state index is 6.13. The van der Waals surface area contributed by atoms with Gasteiger partial charge in [-0.05, 0) is 67.6 Å². The molecular formula is C25H30OS. The number of hydrogen-bond donors (Lipinski definition) is 0. The first kappa shape index (κ1) is 19.7. The highest BCUT2D eigenvalue weighted by Gasteiger charge is 2.15. The molecule has 1 nitrogen and oxygen atoms in total. The smallest absolute Gasteiger partial charge is 0.119 e. The van der Waals surface area contributed by atoms with Crippen LogP contribution in [0.4, 0.5) is 0 Å². The van der Waals surface area contributed by atoms with Gasteiger partial charge in [-0.25, -0.2) is 0 Å². The van der Waals surface area contributed by atoms with Gasteiger partial charge >= 0.3 is 0 Å². The molecule has 1 heterocycles. The van der Waals surface area contributed by atoms with Crippen LogP contribution in [0.2, 0.25) is 0 Å². The topological polar surface area (TPSA) is 9.23 Å². The second-order valence-corrected chi connectivity index (χ2v) is 8.66. The van der Waals surface area contributed by atoms with Gasteiger partial charge in [0, 0.05) is 15.7 Å². The molecule has 0 N–H and O–H groups in total. The summed E-state index contributed by atoms with van der Waals surface area (Å²) < 4.78 is 6.13. The molecule has 0 bridgehead atoms. The number of thiophene rings is 1. The molecule has 0 aliphatic rings. The van der Waals surface area contributed by atoms with Crippen molar-refractivity contribution in [1.82, 2.24) is 0 Å². The van der Waals surface area contributed by atoms with Crippen LogP contribution in [0, 0.1) is 20.8 Å². The van der Waals surface area contributed by atoms with Crippen LogP contribution in [-0.2, 0) is 6.42 Å². The Bertz CT molecular complexity index is 889. The zero-order valence-electron chi connectivity index (χ0n) is 17.1. The Morgan fingerprint density at radius 3 is 2.33 bits per heavy atom. The molecule has 1 atom stereocenters. The summed E-state index contributed by atoms with van der Waals surface area (Å²) in [6, 6.07) is 17.6. The maximum Gasteiger partial charge on any atom is 0.119 e. The van der Waals surface area contributed by atoms with E-state index in [0.717, 1.165) is 12.2 Å². The monoisotopic (exact) mass is 378 g/mol. The van der Waals surface area contributed by atoms with Gasteiger partial charge in [0.1, 0.15) is 5.75 Å². The van der Waals surface area contributed by atoms with Gasteiger partial charge in [0.2, 0.25) is 0 Å². The lowest BCUT2D eigenvalue weighted by molar-refractivity contribution is 0.297. The number of aryl methyl sites for hydroxylation is 4. The number of hydrogen-bond acceptors (Lipinski definition) is 2. The van der Waals surface area contributed by atoms with Gasteiger partial charge in [0.05, 0.1) is 6.61 Å². The third kappa shape index (κ3) is 4.81. The summed E-state index contributed by atoms with van der Waals surface area (Å²) in [4.78, 5) is 2.76. The minimum absolute atomic E-state index is 0.379. The number of ether oxygens (including phenoxy) is 1. The van der Waals surface area contributed by atoms with Crippen molar-refractivity contribution >= 4 is 11.3 Å². The summed E-state index contributed by atoms with van der Waals surface area (Å²) in [6.45, 7) is 11.7. The van der Waals surface area contributed by atoms with Crippen LogP contribution in [0.15, 0.2) is 48.5 Å². The fraction of sp³-hybridized carbons (Fsp3) is 0.360. The second kappa shape index (κ2) is 8.75. The van der Waals surface area contributed by atoms with Crippen molar-refractivity contribution in [3.8, 4) is 16.2 Å². The lowest BCUT2D eigenvalue weighted by Gasteiger charge is -2.14. The molecule has 27 heavy (non-hydrogen) atoms. The normalized spacial score (nSPS) is 12.2. The Morgan fingerprint density at radius 1 is 0.926 bits per heavy atom. The highest BCUT2D eigenvalue weighted by atomic mass is 32.1. The molecule has 1 aromatic heterocycles. The average Bonchev–Trinajstić information content (AvgIpc) is 3.04. The second-order valence-electron chi connectivity index (χ2n) is 7.57. The van der Waals surface area contributed by atoms with Crippen molar-refractivity contribution in [2.45, 2.75) is 53.4 Å². The molecule has 3 rings (SSSR count). The lowest BCUT2D eigenvalue weighted by Crippen LogP contribution is -2.07. The third-order valence-electron chi connectivity index (χ3n) is 5.07. The Labute approximate surface area is 168 Å². The van der Waals surface area contributed by atoms with E-state index in [1.54, 1.807) is 0 Å². The van der Waals surface area contributed by atoms with Gasteiger partial charge < -0.3 is 4.74 Å². The van der Waals surface area contributed by atoms with Crippen molar-refractivity contribution in [2.24, 2.45) is 0 Å². The summed E-state index contributed by atoms with van der Waals surface area (Å²) >= 11 is 1.89. The Kier molecular flexibility index (Phi) is 6.38. The molecule has 142 valence electrons. The van der Waals surface area contributed by atoms with E-state index < -0.39 is 0 Å². The highest BCUT2D eigenvalue weighted by molar-refractivity contribution is 7.15. The molecular weight excluding hydrogens is 348 g/mol. The van der Waals surface area contributed by atoms with E-state index in [-0.39, 0.29) is 0 Å². The maximum atomic E-state index is 6.13. The molecule has 0 amide bonds. The zero-order chi connectivity index (χ0) is 19.4. The van der Waals surface area contributed by atoms with Crippen LogP contribution in [0.3, 0.4) is 0 Å². The molecule has 0 radical (unpaired) electrons. The van der Waals surface area contributed by atoms with Crippen molar-refractivity contribution < 1.29 is 4.74 Å². The van der Waals surface area contributed by atoms with Crippen molar-refractivity contribution in [3.63, 3.8) is 0 Å². The van der Waals surface area contributed by atoms with E-state index in [4.69, 9.17) is 4.74 Å². The van der Waals surface area contributed by atoms with Crippen LogP contribution >= 0.6 is 11.3 Å². The number of benzene rings is 2. The quantitative estimate of drug-likeness (QED) is 0.414. The minimum Gasteiger partial charge on any atom is -0.493 e. The van der Waals surface area contributed by atoms with Crippen LogP contribution in [0.5, 0.6) is 5.75 Å². The first-order chi connectivity index (χ1) is 13.0. The molecule has 0 fully saturated rings. The predicted octanol–water partition coefficient (Wildman–Crippen LogP) is 7.48. The summed E-state index contributed by atoms with van der Waals surface area (Å²) in [5.41, 5.74) is 6.72. The largest absolute Gasteiger partial charge is 0.493 e. The molecule has 0 saturated heterocycles. The van der Waals surface area contributed by atoms with E-state index in [0.29, 0.717) is 12.5 Å². The van der Waals surface area contributed by atoms with Gasteiger partial charge in [0.25, 0.3) is 0 Å². The predicted molar refractivity (Wildman–Crippen MR) is 118 cm³/mol. The standard InChI is InChI=1S/C25H30OS/c1-6-7-21-12-13-23(14-18(21)3)26-16-20(5)25-19(4)15-24(27-25)22-10-8-17(2)9-11-22/h8-15,20H,6-7,16H2,1-5H3/t20-/m1/s1. The summed E-state index contributed by atoms with van der Waals surface area (Å²) in [5, 5.41) is 0. The Morgan fingerprint density at radius 2 is 1.67 bits per heavy atom. The van der Waals surface area contributed by atoms with Crippen molar-refractivity contribution in [2.75, 3.05) is 6.61 Å². The molecule has 0 saturated carbocycles. The van der Waals surface area contributed by atoms with E-state index >= 15 is 0 Å². The first-order valence-corrected chi connectivity index (χ1v) is 10.7. The van der Waals surface area contributed by atoms with Crippen molar-refractivity contribution in [1.29, 1.82) is 0 Å². The first-order valence-electron chi connectivity index (χ1n) is 9.87. The fourth-order valence-corrected chi connectivity index (χ4v) is 4.67. The molecule has 0 aliphatic heterocycles.